The predicted molar refractivity (Wildman–Crippen MR) is 27.0 cm³/mol. The summed E-state index contributed by atoms with van der Waals surface area (Å²) in [4.78, 5) is 16.0. The molecule has 3 N–H and O–H groups in total. The Morgan fingerprint density at radius 3 is 2.00 bits per heavy atom. The maximum atomic E-state index is 9.88. The molecule has 0 spiro atoms. The monoisotopic (exact) mass is 140 g/mol. The Labute approximate surface area is 46.5 Å². The first-order valence-corrected chi connectivity index (χ1v) is 3.42. The van der Waals surface area contributed by atoms with Gasteiger partial charge in [-0.2, -0.15) is 0 Å². The van der Waals surface area contributed by atoms with Gasteiger partial charge in [-0.05, 0) is 0 Å². The molecule has 0 bridgehead atoms. The lowest BCUT2D eigenvalue weighted by Gasteiger charge is -2.02. The van der Waals surface area contributed by atoms with Crippen LogP contribution in [0.2, 0.25) is 0 Å². The van der Waals surface area contributed by atoms with Gasteiger partial charge >= 0.3 is 14.3 Å². The average Bonchev–Trinajstić information content (AvgIpc) is 1.62. The summed E-state index contributed by atoms with van der Waals surface area (Å²) < 4.78 is 13.8. The summed E-state index contributed by atoms with van der Waals surface area (Å²) >= 11 is 0. The highest BCUT2D eigenvalue weighted by atomic mass is 31.2. The summed E-state index contributed by atoms with van der Waals surface area (Å²) in [6, 6.07) is 0. The molecule has 0 aliphatic rings. The summed E-state index contributed by atoms with van der Waals surface area (Å²) in [5, 5.41) is 8.21. The molecule has 0 saturated heterocycles. The van der Waals surface area contributed by atoms with Crippen molar-refractivity contribution in [2.24, 2.45) is 0 Å². The Balaban J connectivity index is 3.82. The van der Waals surface area contributed by atoms with E-state index in [9.17, 15) is 4.57 Å². The highest BCUT2D eigenvalue weighted by molar-refractivity contribution is 7.84. The van der Waals surface area contributed by atoms with E-state index < -0.39 is 14.3 Å². The van der Waals surface area contributed by atoms with Gasteiger partial charge in [0.05, 0.1) is 0 Å². The normalized spacial score (nSPS) is 11.5. The van der Waals surface area contributed by atoms with Gasteiger partial charge in [-0.15, -0.1) is 0 Å². The molecule has 0 unspecified atom stereocenters. The second-order valence-corrected chi connectivity index (χ2v) is 2.77. The van der Waals surface area contributed by atoms with Gasteiger partial charge in [-0.3, -0.25) is 4.57 Å². The van der Waals surface area contributed by atoms with Gasteiger partial charge in [-0.25, -0.2) is 0 Å². The minimum Gasteiger partial charge on any atom is -0.418 e. The summed E-state index contributed by atoms with van der Waals surface area (Å²) in [5.41, 5.74) is 0. The van der Waals surface area contributed by atoms with Crippen LogP contribution in [0.5, 0.6) is 0 Å². The minimum atomic E-state index is -4.42. The Kier molecular flexibility index (Phi) is 2.66. The van der Waals surface area contributed by atoms with E-state index in [0.29, 0.717) is 0 Å². The van der Waals surface area contributed by atoms with Gasteiger partial charge in [0, 0.05) is 7.11 Å². The lowest BCUT2D eigenvalue weighted by atomic mass is 10.4. The largest absolute Gasteiger partial charge is 0.589 e. The van der Waals surface area contributed by atoms with Crippen molar-refractivity contribution in [3.63, 3.8) is 0 Å². The van der Waals surface area contributed by atoms with Crippen LogP contribution < -0.4 is 0 Å². The molecular weight excluding hydrogens is 134 g/mol. The third-order valence-electron chi connectivity index (χ3n) is 0.499. The van der Waals surface area contributed by atoms with E-state index in [2.05, 4.69) is 4.65 Å². The summed E-state index contributed by atoms with van der Waals surface area (Å²) in [6.45, 7) is -1.98. The summed E-state index contributed by atoms with van der Waals surface area (Å²) in [6.07, 6.45) is 0. The number of hydrogen-bond acceptors (Lipinski definition) is 3. The Hall–Kier alpha value is 0.135. The fourth-order valence-electron chi connectivity index (χ4n) is 0.137. The van der Waals surface area contributed by atoms with E-state index in [-0.39, 0.29) is 0 Å². The van der Waals surface area contributed by atoms with Crippen molar-refractivity contribution in [1.82, 2.24) is 0 Å². The zero-order chi connectivity index (χ0) is 6.78. The first-order chi connectivity index (χ1) is 3.48. The van der Waals surface area contributed by atoms with Crippen LogP contribution >= 0.6 is 7.47 Å². The first-order valence-electron chi connectivity index (χ1n) is 1.74. The van der Waals surface area contributed by atoms with Crippen LogP contribution in [-0.4, -0.2) is 28.8 Å². The van der Waals surface area contributed by atoms with E-state index in [1.165, 1.54) is 0 Å². The van der Waals surface area contributed by atoms with Crippen molar-refractivity contribution >= 4 is 14.3 Å². The molecule has 0 amide bonds. The van der Waals surface area contributed by atoms with Crippen LogP contribution in [0.1, 0.15) is 0 Å². The Morgan fingerprint density at radius 1 is 1.62 bits per heavy atom. The quantitative estimate of drug-likeness (QED) is 0.330. The SMILES string of the molecule is COB(O)P(=O)(O)O. The molecule has 8 heavy (non-hydrogen) atoms. The molecule has 0 aromatic heterocycles. The van der Waals surface area contributed by atoms with Crippen LogP contribution in [0.15, 0.2) is 0 Å². The molecule has 0 saturated carbocycles. The molecule has 0 aliphatic carbocycles. The lowest BCUT2D eigenvalue weighted by Crippen LogP contribution is -2.15. The van der Waals surface area contributed by atoms with Crippen LogP contribution in [-0.2, 0) is 9.22 Å². The van der Waals surface area contributed by atoms with Gasteiger partial charge in [-0.1, -0.05) is 0 Å². The first kappa shape index (κ1) is 8.13. The summed E-state index contributed by atoms with van der Waals surface area (Å²) in [5.74, 6) is 0. The zero-order valence-corrected chi connectivity index (χ0v) is 5.08. The second kappa shape index (κ2) is 2.61. The number of rotatable bonds is 2. The average molecular weight is 140 g/mol. The fraction of sp³-hybridized carbons (Fsp3) is 1.00. The van der Waals surface area contributed by atoms with Crippen molar-refractivity contribution < 1.29 is 24.0 Å². The molecule has 0 aliphatic heterocycles. The smallest absolute Gasteiger partial charge is 0.418 e. The fourth-order valence-corrected chi connectivity index (χ4v) is 0.412. The molecule has 0 aromatic carbocycles. The van der Waals surface area contributed by atoms with Gasteiger partial charge in [0.1, 0.15) is 0 Å². The van der Waals surface area contributed by atoms with E-state index in [4.69, 9.17) is 14.8 Å². The molecule has 0 atom stereocenters. The van der Waals surface area contributed by atoms with Crippen molar-refractivity contribution in [2.75, 3.05) is 7.11 Å². The molecular formula is CH6BO5P. The number of hydrogen-bond donors (Lipinski definition) is 3. The van der Waals surface area contributed by atoms with Gasteiger partial charge in [0.25, 0.3) is 0 Å². The molecule has 0 heterocycles. The Bertz CT molecular complexity index is 107. The third kappa shape index (κ3) is 2.44. The maximum Gasteiger partial charge on any atom is 0.589 e. The molecule has 0 aromatic rings. The van der Waals surface area contributed by atoms with Gasteiger partial charge < -0.3 is 19.5 Å². The van der Waals surface area contributed by atoms with Crippen molar-refractivity contribution in [3.8, 4) is 0 Å². The maximum absolute atomic E-state index is 9.88. The van der Waals surface area contributed by atoms with Gasteiger partial charge in [0.2, 0.25) is 0 Å². The molecule has 48 valence electrons. The van der Waals surface area contributed by atoms with Crippen LogP contribution in [0.25, 0.3) is 0 Å². The summed E-state index contributed by atoms with van der Waals surface area (Å²) in [7, 11) is -3.42. The van der Waals surface area contributed by atoms with E-state index in [0.717, 1.165) is 7.11 Å². The van der Waals surface area contributed by atoms with Crippen LogP contribution in [0, 0.1) is 0 Å². The predicted octanol–water partition coefficient (Wildman–Crippen LogP) is -1.21. The second-order valence-electron chi connectivity index (χ2n) is 1.15. The van der Waals surface area contributed by atoms with Crippen LogP contribution in [0.4, 0.5) is 0 Å². The molecule has 5 nitrogen and oxygen atoms in total. The molecule has 7 heteroatoms. The van der Waals surface area contributed by atoms with E-state index in [1.54, 1.807) is 0 Å². The topological polar surface area (TPSA) is 87.0 Å². The molecule has 0 rings (SSSR count). The standard InChI is InChI=1S/CH6BO5P/c1-7-2(3)8(4,5)6/h3H,1H3,(H2,4,5,6). The lowest BCUT2D eigenvalue weighted by molar-refractivity contribution is 0.312. The molecule has 0 radical (unpaired) electrons. The Morgan fingerprint density at radius 2 is 2.00 bits per heavy atom. The van der Waals surface area contributed by atoms with Crippen molar-refractivity contribution in [1.29, 1.82) is 0 Å². The van der Waals surface area contributed by atoms with Crippen LogP contribution in [0.3, 0.4) is 0 Å². The van der Waals surface area contributed by atoms with Gasteiger partial charge in [0.15, 0.2) is 0 Å². The zero-order valence-electron chi connectivity index (χ0n) is 4.18. The molecule has 0 fully saturated rings. The third-order valence-corrected chi connectivity index (χ3v) is 1.28. The highest BCUT2D eigenvalue weighted by Gasteiger charge is 2.34. The van der Waals surface area contributed by atoms with E-state index >= 15 is 0 Å². The van der Waals surface area contributed by atoms with Crippen molar-refractivity contribution in [2.45, 2.75) is 0 Å². The minimum absolute atomic E-state index is 1.00. The van der Waals surface area contributed by atoms with E-state index in [1.807, 2.05) is 0 Å². The highest BCUT2D eigenvalue weighted by Crippen LogP contribution is 2.36. The van der Waals surface area contributed by atoms with Crippen molar-refractivity contribution in [3.05, 3.63) is 0 Å².